The molecule has 2 aromatic carbocycles. The lowest BCUT2D eigenvalue weighted by molar-refractivity contribution is -0.166. The molecule has 5 atom stereocenters. The number of aliphatic hydroxyl groups excluding tert-OH is 3. The predicted octanol–water partition coefficient (Wildman–Crippen LogP) is 1.63. The van der Waals surface area contributed by atoms with E-state index in [-0.39, 0.29) is 5.56 Å². The van der Waals surface area contributed by atoms with E-state index in [9.17, 15) is 61.9 Å². The number of hydrogen-bond donors (Lipinski definition) is 6. The van der Waals surface area contributed by atoms with Gasteiger partial charge in [0.2, 0.25) is 11.6 Å². The summed E-state index contributed by atoms with van der Waals surface area (Å²) in [4.78, 5) is 40.5. The molecule has 7 N–H and O–H groups in total. The van der Waals surface area contributed by atoms with E-state index >= 15 is 0 Å². The van der Waals surface area contributed by atoms with Crippen LogP contribution in [-0.4, -0.2) is 79.7 Å². The zero-order valence-electron chi connectivity index (χ0n) is 22.0. The molecule has 1 saturated carbocycles. The third-order valence-electron chi connectivity index (χ3n) is 8.07. The molecule has 0 bridgehead atoms. The first-order valence-electron chi connectivity index (χ1n) is 12.4. The first-order chi connectivity index (χ1) is 20.0. The Morgan fingerprint density at radius 1 is 0.977 bits per heavy atom. The van der Waals surface area contributed by atoms with Gasteiger partial charge in [0.05, 0.1) is 34.8 Å². The SMILES string of the molecule is CN(C)C1C(=O)C(C(N)=O)=C(O)C2(O)C(=O)C3=C(O)c4c(O)cccc4/C(=C\c4c(F)c(F)c(F)c(F)c4F)C3C(O)C12. The number of hydrogen-bond acceptors (Lipinski definition) is 9. The normalized spacial score (nSPS) is 27.9. The van der Waals surface area contributed by atoms with Crippen molar-refractivity contribution < 1.29 is 61.9 Å². The number of Topliss-reactive ketones (excluding diaryl/α,β-unsaturated/α-hetero) is 2. The van der Waals surface area contributed by atoms with Crippen molar-refractivity contribution in [2.75, 3.05) is 14.1 Å². The number of nitrogens with two attached hydrogens (primary N) is 1. The highest BCUT2D eigenvalue weighted by Gasteiger charge is 2.68. The number of carbonyl (C=O) groups excluding carboxylic acids is 3. The van der Waals surface area contributed by atoms with Gasteiger partial charge in [-0.15, -0.1) is 0 Å². The fourth-order valence-electron chi connectivity index (χ4n) is 6.21. The number of fused-ring (bicyclic) bond motifs is 3. The van der Waals surface area contributed by atoms with Gasteiger partial charge in [-0.25, -0.2) is 22.0 Å². The van der Waals surface area contributed by atoms with E-state index in [1.807, 2.05) is 0 Å². The van der Waals surface area contributed by atoms with Gasteiger partial charge in [-0.05, 0) is 37.4 Å². The number of likely N-dealkylation sites (N-methyl/N-ethyl adjacent to an activating group) is 1. The molecule has 0 aliphatic heterocycles. The van der Waals surface area contributed by atoms with Gasteiger partial charge in [0.15, 0.2) is 34.7 Å². The lowest BCUT2D eigenvalue weighted by Gasteiger charge is -2.53. The number of benzene rings is 2. The van der Waals surface area contributed by atoms with Gasteiger partial charge in [0, 0.05) is 5.92 Å². The molecule has 0 saturated heterocycles. The number of rotatable bonds is 3. The lowest BCUT2D eigenvalue weighted by atomic mass is 9.55. The maximum atomic E-state index is 14.8. The molecule has 5 unspecified atom stereocenters. The van der Waals surface area contributed by atoms with Crippen molar-refractivity contribution in [3.05, 3.63) is 80.9 Å². The molecular weight excluding hydrogens is 587 g/mol. The van der Waals surface area contributed by atoms with E-state index in [4.69, 9.17) is 5.73 Å². The lowest BCUT2D eigenvalue weighted by Crippen LogP contribution is -2.70. The minimum Gasteiger partial charge on any atom is -0.508 e. The van der Waals surface area contributed by atoms with Gasteiger partial charge in [0.1, 0.15) is 22.8 Å². The molecule has 2 aromatic rings. The van der Waals surface area contributed by atoms with Crippen molar-refractivity contribution in [1.82, 2.24) is 4.90 Å². The Balaban J connectivity index is 1.91. The fraction of sp³-hybridized carbons (Fsp3) is 0.250. The number of halogens is 5. The number of ketones is 2. The van der Waals surface area contributed by atoms with Crippen LogP contribution >= 0.6 is 0 Å². The van der Waals surface area contributed by atoms with Crippen LogP contribution in [-0.2, 0) is 14.4 Å². The van der Waals surface area contributed by atoms with Crippen LogP contribution < -0.4 is 5.73 Å². The van der Waals surface area contributed by atoms with Crippen LogP contribution in [0.5, 0.6) is 5.75 Å². The highest BCUT2D eigenvalue weighted by atomic mass is 19.2. The Morgan fingerprint density at radius 2 is 1.53 bits per heavy atom. The highest BCUT2D eigenvalue weighted by molar-refractivity contribution is 6.25. The number of amides is 1. The summed E-state index contributed by atoms with van der Waals surface area (Å²) in [5.41, 5.74) is -3.21. The van der Waals surface area contributed by atoms with Crippen LogP contribution in [0.2, 0.25) is 0 Å². The summed E-state index contributed by atoms with van der Waals surface area (Å²) >= 11 is 0. The number of nitrogens with zero attached hydrogens (tertiary/aromatic N) is 1. The standard InChI is InChI=1S/C28H21F5N2O8/c1-35(2)21-15-23(38)12-8(6-9-16(29)18(31)20(33)19(32)17(9)30)7-4-3-5-10(36)11(7)22(37)13(12)25(40)28(15,43)26(41)14(24(21)39)27(34)42/h3-6,12,15,21,23,36-38,41,43H,1-2H3,(H2,34,42)/b8-6+. The van der Waals surface area contributed by atoms with Gasteiger partial charge >= 0.3 is 0 Å². The van der Waals surface area contributed by atoms with E-state index in [0.29, 0.717) is 6.08 Å². The maximum absolute atomic E-state index is 14.8. The fourth-order valence-corrected chi connectivity index (χ4v) is 6.21. The molecule has 43 heavy (non-hydrogen) atoms. The molecule has 226 valence electrons. The van der Waals surface area contributed by atoms with Crippen LogP contribution in [0, 0.1) is 40.9 Å². The number of carbonyl (C=O) groups is 3. The number of phenols is 1. The molecule has 3 aliphatic rings. The van der Waals surface area contributed by atoms with Crippen LogP contribution in [0.4, 0.5) is 22.0 Å². The van der Waals surface area contributed by atoms with Gasteiger partial charge in [-0.3, -0.25) is 19.3 Å². The van der Waals surface area contributed by atoms with Crippen molar-refractivity contribution in [2.24, 2.45) is 17.6 Å². The van der Waals surface area contributed by atoms with Gasteiger partial charge in [-0.1, -0.05) is 12.1 Å². The van der Waals surface area contributed by atoms with Gasteiger partial charge in [0.25, 0.3) is 5.91 Å². The van der Waals surface area contributed by atoms with Crippen molar-refractivity contribution >= 4 is 34.9 Å². The number of primary amides is 1. The first kappa shape index (κ1) is 29.9. The molecule has 1 fully saturated rings. The first-order valence-corrected chi connectivity index (χ1v) is 12.4. The smallest absolute Gasteiger partial charge is 0.255 e. The zero-order valence-corrected chi connectivity index (χ0v) is 22.0. The van der Waals surface area contributed by atoms with Crippen LogP contribution in [0.15, 0.2) is 35.1 Å². The highest BCUT2D eigenvalue weighted by Crippen LogP contribution is 2.56. The topological polar surface area (TPSA) is 182 Å². The second kappa shape index (κ2) is 9.72. The Labute approximate surface area is 238 Å². The second-order valence-corrected chi connectivity index (χ2v) is 10.5. The third-order valence-corrected chi connectivity index (χ3v) is 8.07. The van der Waals surface area contributed by atoms with Crippen LogP contribution in [0.1, 0.15) is 16.7 Å². The average Bonchev–Trinajstić information content (AvgIpc) is 2.93. The van der Waals surface area contributed by atoms with Crippen molar-refractivity contribution in [3.8, 4) is 5.75 Å². The number of phenolic OH excluding ortho intramolecular Hbond substituents is 1. The minimum absolute atomic E-state index is 0.325. The summed E-state index contributed by atoms with van der Waals surface area (Å²) in [7, 11) is 2.51. The largest absolute Gasteiger partial charge is 0.508 e. The van der Waals surface area contributed by atoms with Crippen molar-refractivity contribution in [3.63, 3.8) is 0 Å². The average molecular weight is 608 g/mol. The molecule has 3 aliphatic carbocycles. The van der Waals surface area contributed by atoms with E-state index in [2.05, 4.69) is 0 Å². The molecule has 0 spiro atoms. The predicted molar refractivity (Wildman–Crippen MR) is 136 cm³/mol. The summed E-state index contributed by atoms with van der Waals surface area (Å²) in [5, 5.41) is 56.1. The molecule has 0 aromatic heterocycles. The number of aromatic hydroxyl groups is 1. The molecule has 1 amide bonds. The molecular formula is C28H21F5N2O8. The molecule has 10 nitrogen and oxygen atoms in total. The van der Waals surface area contributed by atoms with E-state index < -0.39 is 121 Å². The van der Waals surface area contributed by atoms with Crippen molar-refractivity contribution in [2.45, 2.75) is 17.7 Å². The monoisotopic (exact) mass is 608 g/mol. The zero-order chi connectivity index (χ0) is 32.0. The Hall–Kier alpha value is -4.60. The molecule has 0 heterocycles. The van der Waals surface area contributed by atoms with Crippen LogP contribution in [0.3, 0.4) is 0 Å². The maximum Gasteiger partial charge on any atom is 0.255 e. The van der Waals surface area contributed by atoms with Crippen LogP contribution in [0.25, 0.3) is 17.4 Å². The quantitative estimate of drug-likeness (QED) is 0.131. The molecule has 0 radical (unpaired) electrons. The second-order valence-electron chi connectivity index (χ2n) is 10.5. The van der Waals surface area contributed by atoms with E-state index in [0.717, 1.165) is 17.0 Å². The summed E-state index contributed by atoms with van der Waals surface area (Å²) in [5.74, 6) is -23.4. The summed E-state index contributed by atoms with van der Waals surface area (Å²) in [6, 6.07) is 1.56. The van der Waals surface area contributed by atoms with Gasteiger partial charge in [-0.2, -0.15) is 0 Å². The molecule has 5 rings (SSSR count). The molecule has 15 heteroatoms. The van der Waals surface area contributed by atoms with E-state index in [1.54, 1.807) is 0 Å². The third kappa shape index (κ3) is 3.78. The summed E-state index contributed by atoms with van der Waals surface area (Å²) in [6.07, 6.45) is -1.83. The Bertz CT molecular complexity index is 1740. The minimum atomic E-state index is -3.30. The van der Waals surface area contributed by atoms with Gasteiger partial charge < -0.3 is 31.3 Å². The number of aliphatic hydroxyl groups is 4. The Morgan fingerprint density at radius 3 is 2.07 bits per heavy atom. The van der Waals surface area contributed by atoms with E-state index in [1.165, 1.54) is 20.2 Å². The Kier molecular flexibility index (Phi) is 6.75. The summed E-state index contributed by atoms with van der Waals surface area (Å²) in [6.45, 7) is 0. The van der Waals surface area contributed by atoms with Crippen molar-refractivity contribution in [1.29, 1.82) is 0 Å². The summed E-state index contributed by atoms with van der Waals surface area (Å²) < 4.78 is 71.7.